The fraction of sp³-hybridized carbons (Fsp3) is 0.357. The Labute approximate surface area is 231 Å². The number of nitrogens with one attached hydrogen (secondary N) is 1. The number of rotatable bonds is 7. The molecule has 0 amide bonds. The molecule has 2 aromatic rings. The van der Waals surface area contributed by atoms with Gasteiger partial charge in [0.25, 0.3) is 0 Å². The van der Waals surface area contributed by atoms with Crippen molar-refractivity contribution in [1.29, 1.82) is 0 Å². The summed E-state index contributed by atoms with van der Waals surface area (Å²) in [5, 5.41) is 3.78. The van der Waals surface area contributed by atoms with E-state index in [-0.39, 0.29) is 0 Å². The number of esters is 3. The highest BCUT2D eigenvalue weighted by atomic mass is 35.5. The van der Waals surface area contributed by atoms with Gasteiger partial charge in [0.1, 0.15) is 17.2 Å². The molecule has 0 spiro atoms. The fourth-order valence-corrected chi connectivity index (χ4v) is 4.99. The molecule has 0 unspecified atom stereocenters. The number of carbonyl (C=O) groups excluding carboxylic acids is 4. The SMILES string of the molecule is COC(=O)C(=O)[C@@H]1[C@@H](c2cccc(Cl)c2)[C@H](C(=O)OC(C)(C)C)N[C@]1(/C=C/c1cccc(Cl)c1)C(=O)OC. The minimum absolute atomic E-state index is 0.333. The Balaban J connectivity index is 2.31. The van der Waals surface area contributed by atoms with Gasteiger partial charge in [0.2, 0.25) is 5.78 Å². The second-order valence-electron chi connectivity index (χ2n) is 9.82. The number of methoxy groups -OCH3 is 2. The number of Topliss-reactive ketones (excluding diaryl/α,β-unsaturated/α-hetero) is 1. The van der Waals surface area contributed by atoms with Crippen LogP contribution in [0.1, 0.15) is 37.8 Å². The molecule has 0 radical (unpaired) electrons. The molecule has 1 fully saturated rings. The Kier molecular flexibility index (Phi) is 9.02. The maximum atomic E-state index is 13.6. The Hall–Kier alpha value is -3.20. The van der Waals surface area contributed by atoms with Crippen molar-refractivity contribution in [3.63, 3.8) is 0 Å². The molecule has 1 heterocycles. The van der Waals surface area contributed by atoms with E-state index in [1.807, 2.05) is 0 Å². The van der Waals surface area contributed by atoms with Crippen molar-refractivity contribution in [1.82, 2.24) is 5.32 Å². The lowest BCUT2D eigenvalue weighted by Crippen LogP contribution is -2.56. The van der Waals surface area contributed by atoms with Gasteiger partial charge in [-0.3, -0.25) is 14.9 Å². The highest BCUT2D eigenvalue weighted by Gasteiger charge is 2.64. The summed E-state index contributed by atoms with van der Waals surface area (Å²) in [4.78, 5) is 53.3. The number of halogens is 2. The van der Waals surface area contributed by atoms with Crippen LogP contribution in [-0.4, -0.2) is 55.1 Å². The highest BCUT2D eigenvalue weighted by molar-refractivity contribution is 6.36. The summed E-state index contributed by atoms with van der Waals surface area (Å²) >= 11 is 12.4. The molecule has 1 aliphatic heterocycles. The maximum Gasteiger partial charge on any atom is 0.374 e. The van der Waals surface area contributed by atoms with Crippen LogP contribution in [-0.2, 0) is 33.4 Å². The van der Waals surface area contributed by atoms with E-state index in [9.17, 15) is 19.2 Å². The number of hydrogen-bond donors (Lipinski definition) is 1. The van der Waals surface area contributed by atoms with Crippen molar-refractivity contribution in [2.75, 3.05) is 14.2 Å². The van der Waals surface area contributed by atoms with Crippen LogP contribution in [0.25, 0.3) is 6.08 Å². The molecule has 0 aromatic heterocycles. The van der Waals surface area contributed by atoms with Gasteiger partial charge < -0.3 is 14.2 Å². The second-order valence-corrected chi connectivity index (χ2v) is 10.7. The predicted molar refractivity (Wildman–Crippen MR) is 143 cm³/mol. The average molecular weight is 562 g/mol. The van der Waals surface area contributed by atoms with E-state index in [0.717, 1.165) is 14.2 Å². The van der Waals surface area contributed by atoms with Gasteiger partial charge in [-0.25, -0.2) is 9.59 Å². The van der Waals surface area contributed by atoms with Crippen LogP contribution in [0.2, 0.25) is 10.0 Å². The van der Waals surface area contributed by atoms with Crippen molar-refractivity contribution in [2.45, 2.75) is 43.9 Å². The minimum atomic E-state index is -1.96. The Morgan fingerprint density at radius 3 is 2.13 bits per heavy atom. The zero-order valence-corrected chi connectivity index (χ0v) is 23.1. The molecule has 10 heteroatoms. The van der Waals surface area contributed by atoms with Gasteiger partial charge in [-0.1, -0.05) is 59.6 Å². The number of carbonyl (C=O) groups is 4. The van der Waals surface area contributed by atoms with Crippen molar-refractivity contribution in [2.24, 2.45) is 5.92 Å². The van der Waals surface area contributed by atoms with E-state index in [0.29, 0.717) is 21.2 Å². The van der Waals surface area contributed by atoms with Gasteiger partial charge in [0, 0.05) is 16.0 Å². The maximum absolute atomic E-state index is 13.6. The molecule has 3 rings (SSSR count). The van der Waals surface area contributed by atoms with E-state index in [1.54, 1.807) is 75.4 Å². The van der Waals surface area contributed by atoms with Crippen molar-refractivity contribution < 1.29 is 33.4 Å². The highest BCUT2D eigenvalue weighted by Crippen LogP contribution is 2.46. The average Bonchev–Trinajstić information content (AvgIpc) is 3.21. The van der Waals surface area contributed by atoms with Gasteiger partial charge in [-0.05, 0) is 56.2 Å². The molecule has 1 saturated heterocycles. The number of benzene rings is 2. The van der Waals surface area contributed by atoms with Crippen molar-refractivity contribution >= 4 is 53.0 Å². The predicted octanol–water partition coefficient (Wildman–Crippen LogP) is 4.37. The van der Waals surface area contributed by atoms with Gasteiger partial charge in [0.15, 0.2) is 0 Å². The van der Waals surface area contributed by atoms with Crippen molar-refractivity contribution in [3.8, 4) is 0 Å². The summed E-state index contributed by atoms with van der Waals surface area (Å²) in [6.45, 7) is 5.08. The molecule has 0 bridgehead atoms. The first-order chi connectivity index (χ1) is 17.8. The minimum Gasteiger partial charge on any atom is -0.467 e. The van der Waals surface area contributed by atoms with Crippen LogP contribution in [0.3, 0.4) is 0 Å². The molecule has 2 aromatic carbocycles. The first kappa shape index (κ1) is 29.4. The van der Waals surface area contributed by atoms with Crippen LogP contribution in [0, 0.1) is 5.92 Å². The molecule has 0 saturated carbocycles. The van der Waals surface area contributed by atoms with Gasteiger partial charge in [-0.2, -0.15) is 0 Å². The quantitative estimate of drug-likeness (QED) is 0.301. The normalized spacial score (nSPS) is 23.2. The third-order valence-corrected chi connectivity index (χ3v) is 6.55. The number of ketones is 1. The summed E-state index contributed by atoms with van der Waals surface area (Å²) in [5.41, 5.74) is -1.80. The summed E-state index contributed by atoms with van der Waals surface area (Å²) in [6.07, 6.45) is 2.96. The summed E-state index contributed by atoms with van der Waals surface area (Å²) in [7, 11) is 2.21. The number of ether oxygens (including phenoxy) is 3. The molecular formula is C28H29Cl2NO7. The summed E-state index contributed by atoms with van der Waals surface area (Å²) in [5.74, 6) is -6.36. The molecule has 1 N–H and O–H groups in total. The van der Waals surface area contributed by atoms with Crippen LogP contribution < -0.4 is 5.32 Å². The standard InChI is InChI=1S/C28H29Cl2NO7/c1-27(2,3)38-24(33)22-20(17-9-7-11-19(30)15-17)21(23(32)25(34)36-4)28(31-22,26(35)37-5)13-12-16-8-6-10-18(29)14-16/h6-15,20-22,31H,1-5H3/b13-12+/t20-,21+,22-,28+/m1/s1. The second kappa shape index (κ2) is 11.7. The Bertz CT molecular complexity index is 1270. The Morgan fingerprint density at radius 1 is 0.947 bits per heavy atom. The molecule has 8 nitrogen and oxygen atoms in total. The lowest BCUT2D eigenvalue weighted by atomic mass is 9.72. The fourth-order valence-electron chi connectivity index (χ4n) is 4.59. The lowest BCUT2D eigenvalue weighted by Gasteiger charge is -2.30. The van der Waals surface area contributed by atoms with Crippen molar-refractivity contribution in [3.05, 3.63) is 75.8 Å². The van der Waals surface area contributed by atoms with Gasteiger partial charge in [-0.15, -0.1) is 0 Å². The van der Waals surface area contributed by atoms with E-state index >= 15 is 0 Å². The molecular weight excluding hydrogens is 533 g/mol. The first-order valence-electron chi connectivity index (χ1n) is 11.7. The van der Waals surface area contributed by atoms with Crippen LogP contribution in [0.15, 0.2) is 54.6 Å². The molecule has 4 atom stereocenters. The van der Waals surface area contributed by atoms with E-state index < -0.39 is 52.7 Å². The van der Waals surface area contributed by atoms with Crippen LogP contribution in [0.5, 0.6) is 0 Å². The summed E-state index contributed by atoms with van der Waals surface area (Å²) in [6, 6.07) is 12.0. The van der Waals surface area contributed by atoms with E-state index in [2.05, 4.69) is 5.32 Å². The van der Waals surface area contributed by atoms with Crippen LogP contribution >= 0.6 is 23.2 Å². The third-order valence-electron chi connectivity index (χ3n) is 6.08. The number of hydrogen-bond acceptors (Lipinski definition) is 8. The van der Waals surface area contributed by atoms with Crippen LogP contribution in [0.4, 0.5) is 0 Å². The zero-order valence-electron chi connectivity index (χ0n) is 21.6. The molecule has 202 valence electrons. The smallest absolute Gasteiger partial charge is 0.374 e. The van der Waals surface area contributed by atoms with Gasteiger partial charge in [0.05, 0.1) is 20.1 Å². The Morgan fingerprint density at radius 2 is 1.58 bits per heavy atom. The lowest BCUT2D eigenvalue weighted by molar-refractivity contribution is -0.158. The third kappa shape index (κ3) is 6.26. The van der Waals surface area contributed by atoms with E-state index in [4.69, 9.17) is 37.4 Å². The topological polar surface area (TPSA) is 108 Å². The summed E-state index contributed by atoms with van der Waals surface area (Å²) < 4.78 is 15.5. The molecule has 1 aliphatic rings. The zero-order chi connectivity index (χ0) is 28.3. The monoisotopic (exact) mass is 561 g/mol. The molecule has 38 heavy (non-hydrogen) atoms. The molecule has 0 aliphatic carbocycles. The van der Waals surface area contributed by atoms with E-state index in [1.165, 1.54) is 6.08 Å². The largest absolute Gasteiger partial charge is 0.467 e. The van der Waals surface area contributed by atoms with Gasteiger partial charge >= 0.3 is 17.9 Å². The first-order valence-corrected chi connectivity index (χ1v) is 12.5.